The fourth-order valence-corrected chi connectivity index (χ4v) is 2.31. The quantitative estimate of drug-likeness (QED) is 0.840. The molecule has 7 heteroatoms. The summed E-state index contributed by atoms with van der Waals surface area (Å²) in [5.41, 5.74) is 0.472. The number of hydrogen-bond acceptors (Lipinski definition) is 4. The van der Waals surface area contributed by atoms with Gasteiger partial charge < -0.3 is 15.2 Å². The average molecular weight is 339 g/mol. The van der Waals surface area contributed by atoms with Gasteiger partial charge in [-0.15, -0.1) is 12.4 Å². The number of amides is 1. The Kier molecular flexibility index (Phi) is 7.19. The van der Waals surface area contributed by atoms with E-state index in [2.05, 4.69) is 15.3 Å². The zero-order valence-corrected chi connectivity index (χ0v) is 14.4. The van der Waals surface area contributed by atoms with Crippen LogP contribution in [0.1, 0.15) is 26.1 Å². The van der Waals surface area contributed by atoms with Crippen LogP contribution in [0.3, 0.4) is 0 Å². The third-order valence-electron chi connectivity index (χ3n) is 3.51. The van der Waals surface area contributed by atoms with Crippen molar-refractivity contribution in [3.63, 3.8) is 0 Å². The number of rotatable bonds is 6. The van der Waals surface area contributed by atoms with Crippen molar-refractivity contribution in [3.8, 4) is 0 Å². The van der Waals surface area contributed by atoms with E-state index in [1.807, 2.05) is 27.0 Å². The molecule has 2 aromatic rings. The van der Waals surface area contributed by atoms with Crippen LogP contribution in [0, 0.1) is 0 Å². The van der Waals surface area contributed by atoms with E-state index in [1.54, 1.807) is 23.1 Å². The van der Waals surface area contributed by atoms with E-state index in [1.165, 1.54) is 0 Å². The monoisotopic (exact) mass is 338 g/mol. The SMILES string of the molecule is CNCCC(=O)N(Cc1nc2ccccc2c(=O)[nH]1)C(C)C.Cl. The molecule has 2 N–H and O–H groups in total. The number of carbonyl (C=O) groups is 1. The summed E-state index contributed by atoms with van der Waals surface area (Å²) in [6.45, 7) is 4.84. The van der Waals surface area contributed by atoms with Gasteiger partial charge in [0.2, 0.25) is 5.91 Å². The van der Waals surface area contributed by atoms with Gasteiger partial charge in [0.05, 0.1) is 17.4 Å². The van der Waals surface area contributed by atoms with Crippen LogP contribution in [0.4, 0.5) is 0 Å². The number of H-pyrrole nitrogens is 1. The highest BCUT2D eigenvalue weighted by atomic mass is 35.5. The van der Waals surface area contributed by atoms with E-state index in [9.17, 15) is 9.59 Å². The summed E-state index contributed by atoms with van der Waals surface area (Å²) in [4.78, 5) is 33.3. The Labute approximate surface area is 141 Å². The molecule has 2 rings (SSSR count). The highest BCUT2D eigenvalue weighted by Crippen LogP contribution is 2.10. The molecular weight excluding hydrogens is 316 g/mol. The first-order chi connectivity index (χ1) is 10.5. The molecule has 1 aromatic heterocycles. The first kappa shape index (κ1) is 19.1. The molecule has 0 unspecified atom stereocenters. The van der Waals surface area contributed by atoms with E-state index in [4.69, 9.17) is 0 Å². The minimum Gasteiger partial charge on any atom is -0.333 e. The summed E-state index contributed by atoms with van der Waals surface area (Å²) in [7, 11) is 1.81. The number of aromatic nitrogens is 2. The lowest BCUT2D eigenvalue weighted by molar-refractivity contribution is -0.133. The van der Waals surface area contributed by atoms with E-state index < -0.39 is 0 Å². The molecule has 0 saturated heterocycles. The van der Waals surface area contributed by atoms with Gasteiger partial charge in [0.25, 0.3) is 5.56 Å². The van der Waals surface area contributed by atoms with Gasteiger partial charge in [0.15, 0.2) is 0 Å². The highest BCUT2D eigenvalue weighted by Gasteiger charge is 2.18. The molecule has 0 aliphatic carbocycles. The molecule has 0 spiro atoms. The van der Waals surface area contributed by atoms with Crippen molar-refractivity contribution in [2.75, 3.05) is 13.6 Å². The summed E-state index contributed by atoms with van der Waals surface area (Å²) in [5.74, 6) is 0.551. The number of para-hydroxylation sites is 1. The van der Waals surface area contributed by atoms with Crippen LogP contribution >= 0.6 is 12.4 Å². The summed E-state index contributed by atoms with van der Waals surface area (Å²) in [5, 5.41) is 3.53. The fourth-order valence-electron chi connectivity index (χ4n) is 2.31. The molecule has 23 heavy (non-hydrogen) atoms. The first-order valence-electron chi connectivity index (χ1n) is 7.45. The van der Waals surface area contributed by atoms with Gasteiger partial charge in [-0.05, 0) is 33.0 Å². The maximum Gasteiger partial charge on any atom is 0.258 e. The number of nitrogens with one attached hydrogen (secondary N) is 2. The van der Waals surface area contributed by atoms with Crippen LogP contribution in [0.25, 0.3) is 10.9 Å². The van der Waals surface area contributed by atoms with Crippen molar-refractivity contribution >= 4 is 29.2 Å². The molecule has 6 nitrogen and oxygen atoms in total. The number of nitrogens with zero attached hydrogens (tertiary/aromatic N) is 2. The molecule has 0 atom stereocenters. The number of aromatic amines is 1. The molecule has 1 heterocycles. The molecule has 1 aromatic carbocycles. The minimum atomic E-state index is -0.174. The molecule has 0 radical (unpaired) electrons. The van der Waals surface area contributed by atoms with Gasteiger partial charge in [-0.25, -0.2) is 4.98 Å². The Morgan fingerprint density at radius 1 is 1.35 bits per heavy atom. The second kappa shape index (κ2) is 8.64. The third kappa shape index (κ3) is 4.77. The second-order valence-electron chi connectivity index (χ2n) is 5.50. The standard InChI is InChI=1S/C16H22N4O2.ClH/c1-11(2)20(15(21)8-9-17-3)10-14-18-13-7-5-4-6-12(13)16(22)19-14;/h4-7,11,17H,8-10H2,1-3H3,(H,18,19,22);1H. The fraction of sp³-hybridized carbons (Fsp3) is 0.438. The summed E-state index contributed by atoms with van der Waals surface area (Å²) < 4.78 is 0. The van der Waals surface area contributed by atoms with Gasteiger partial charge in [-0.2, -0.15) is 0 Å². The van der Waals surface area contributed by atoms with Gasteiger partial charge in [0.1, 0.15) is 5.82 Å². The predicted octanol–water partition coefficient (Wildman–Crippen LogP) is 1.69. The van der Waals surface area contributed by atoms with Crippen molar-refractivity contribution in [2.45, 2.75) is 32.9 Å². The molecule has 126 valence electrons. The Bertz CT molecular complexity index is 715. The molecule has 0 fully saturated rings. The van der Waals surface area contributed by atoms with Crippen molar-refractivity contribution in [3.05, 3.63) is 40.4 Å². The average Bonchev–Trinajstić information content (AvgIpc) is 2.50. The lowest BCUT2D eigenvalue weighted by Gasteiger charge is -2.26. The molecular formula is C16H23ClN4O2. The van der Waals surface area contributed by atoms with Crippen LogP contribution in [0.15, 0.2) is 29.1 Å². The van der Waals surface area contributed by atoms with Crippen LogP contribution < -0.4 is 10.9 Å². The first-order valence-corrected chi connectivity index (χ1v) is 7.45. The predicted molar refractivity (Wildman–Crippen MR) is 93.8 cm³/mol. The van der Waals surface area contributed by atoms with Crippen LogP contribution in [0.2, 0.25) is 0 Å². The second-order valence-corrected chi connectivity index (χ2v) is 5.50. The molecule has 0 aliphatic rings. The summed E-state index contributed by atoms with van der Waals surface area (Å²) in [6.07, 6.45) is 0.423. The zero-order valence-electron chi connectivity index (χ0n) is 13.6. The molecule has 0 bridgehead atoms. The Morgan fingerprint density at radius 2 is 2.04 bits per heavy atom. The summed E-state index contributed by atoms with van der Waals surface area (Å²) in [6, 6.07) is 7.23. The number of halogens is 1. The topological polar surface area (TPSA) is 78.1 Å². The minimum absolute atomic E-state index is 0. The van der Waals surface area contributed by atoms with Gasteiger partial charge in [0, 0.05) is 19.0 Å². The molecule has 1 amide bonds. The van der Waals surface area contributed by atoms with Crippen molar-refractivity contribution in [2.24, 2.45) is 0 Å². The van der Waals surface area contributed by atoms with E-state index in [0.717, 1.165) is 0 Å². The normalized spacial score (nSPS) is 10.6. The molecule has 0 aliphatic heterocycles. The van der Waals surface area contributed by atoms with Crippen LogP contribution in [-0.4, -0.2) is 40.4 Å². The Hall–Kier alpha value is -1.92. The van der Waals surface area contributed by atoms with Gasteiger partial charge in [-0.1, -0.05) is 12.1 Å². The maximum atomic E-state index is 12.3. The van der Waals surface area contributed by atoms with Crippen molar-refractivity contribution < 1.29 is 4.79 Å². The maximum absolute atomic E-state index is 12.3. The Morgan fingerprint density at radius 3 is 2.70 bits per heavy atom. The Balaban J connectivity index is 0.00000264. The summed E-state index contributed by atoms with van der Waals surface area (Å²) >= 11 is 0. The van der Waals surface area contributed by atoms with E-state index in [0.29, 0.717) is 36.2 Å². The largest absolute Gasteiger partial charge is 0.333 e. The number of hydrogen-bond donors (Lipinski definition) is 2. The van der Waals surface area contributed by atoms with Crippen molar-refractivity contribution in [1.82, 2.24) is 20.2 Å². The van der Waals surface area contributed by atoms with E-state index in [-0.39, 0.29) is 29.9 Å². The number of benzene rings is 1. The zero-order chi connectivity index (χ0) is 16.1. The smallest absolute Gasteiger partial charge is 0.258 e. The molecule has 0 saturated carbocycles. The van der Waals surface area contributed by atoms with Gasteiger partial charge in [-0.3, -0.25) is 9.59 Å². The number of carbonyl (C=O) groups excluding carboxylic acids is 1. The number of fused-ring (bicyclic) bond motifs is 1. The lowest BCUT2D eigenvalue weighted by Crippen LogP contribution is -2.38. The van der Waals surface area contributed by atoms with Crippen LogP contribution in [0.5, 0.6) is 0 Å². The van der Waals surface area contributed by atoms with E-state index >= 15 is 0 Å². The lowest BCUT2D eigenvalue weighted by atomic mass is 10.2. The highest BCUT2D eigenvalue weighted by molar-refractivity contribution is 5.85. The van der Waals surface area contributed by atoms with Crippen molar-refractivity contribution in [1.29, 1.82) is 0 Å². The van der Waals surface area contributed by atoms with Gasteiger partial charge >= 0.3 is 0 Å². The van der Waals surface area contributed by atoms with Crippen LogP contribution in [-0.2, 0) is 11.3 Å². The third-order valence-corrected chi connectivity index (χ3v) is 3.51.